The zero-order valence-electron chi connectivity index (χ0n) is 13.9. The van der Waals surface area contributed by atoms with Crippen LogP contribution in [0.4, 0.5) is 11.4 Å². The summed E-state index contributed by atoms with van der Waals surface area (Å²) in [5.41, 5.74) is 1.44. The molecule has 1 aliphatic heterocycles. The van der Waals surface area contributed by atoms with Crippen LogP contribution in [0, 0.1) is 0 Å². The van der Waals surface area contributed by atoms with Crippen LogP contribution >= 0.6 is 11.6 Å². The van der Waals surface area contributed by atoms with Crippen LogP contribution in [0.1, 0.15) is 6.92 Å². The third kappa shape index (κ3) is 2.98. The fraction of sp³-hybridized carbons (Fsp3) is 0.158. The highest BCUT2D eigenvalue weighted by molar-refractivity contribution is 6.53. The molecule has 0 aliphatic carbocycles. The SMILES string of the molecule is CCN(C1=C(Cl)C(=O)N(c2ccc(OC)cc2)C1=O)c1ccccc1. The highest BCUT2D eigenvalue weighted by atomic mass is 35.5. The molecule has 2 aromatic carbocycles. The third-order valence-electron chi connectivity index (χ3n) is 3.99. The van der Waals surface area contributed by atoms with E-state index in [1.807, 2.05) is 37.3 Å². The van der Waals surface area contributed by atoms with Gasteiger partial charge in [-0.15, -0.1) is 0 Å². The molecule has 0 spiro atoms. The Balaban J connectivity index is 1.98. The van der Waals surface area contributed by atoms with Crippen molar-refractivity contribution < 1.29 is 14.3 Å². The smallest absolute Gasteiger partial charge is 0.283 e. The van der Waals surface area contributed by atoms with E-state index in [1.54, 1.807) is 36.3 Å². The van der Waals surface area contributed by atoms with Gasteiger partial charge in [0.15, 0.2) is 0 Å². The lowest BCUT2D eigenvalue weighted by Crippen LogP contribution is -2.35. The van der Waals surface area contributed by atoms with Crippen molar-refractivity contribution in [1.82, 2.24) is 0 Å². The van der Waals surface area contributed by atoms with E-state index in [-0.39, 0.29) is 10.7 Å². The predicted molar refractivity (Wildman–Crippen MR) is 97.8 cm³/mol. The van der Waals surface area contributed by atoms with Gasteiger partial charge in [-0.2, -0.15) is 0 Å². The monoisotopic (exact) mass is 356 g/mol. The fourth-order valence-corrected chi connectivity index (χ4v) is 3.04. The van der Waals surface area contributed by atoms with Crippen molar-refractivity contribution in [3.05, 3.63) is 65.3 Å². The number of para-hydroxylation sites is 1. The molecule has 0 atom stereocenters. The Morgan fingerprint density at radius 1 is 1.00 bits per heavy atom. The minimum atomic E-state index is -0.527. The second kappa shape index (κ2) is 6.99. The summed E-state index contributed by atoms with van der Waals surface area (Å²) in [5, 5.41) is -0.0773. The average molecular weight is 357 g/mol. The van der Waals surface area contributed by atoms with Crippen molar-refractivity contribution in [1.29, 1.82) is 0 Å². The van der Waals surface area contributed by atoms with E-state index in [0.29, 0.717) is 18.0 Å². The van der Waals surface area contributed by atoms with Gasteiger partial charge in [0, 0.05) is 12.2 Å². The Kier molecular flexibility index (Phi) is 4.76. The summed E-state index contributed by atoms with van der Waals surface area (Å²) in [4.78, 5) is 28.4. The quantitative estimate of drug-likeness (QED) is 0.769. The lowest BCUT2D eigenvalue weighted by molar-refractivity contribution is -0.120. The summed E-state index contributed by atoms with van der Waals surface area (Å²) in [6.45, 7) is 2.41. The Morgan fingerprint density at radius 3 is 2.20 bits per heavy atom. The molecule has 1 heterocycles. The number of ether oxygens (including phenoxy) is 1. The standard InChI is InChI=1S/C19H17ClN2O3/c1-3-21(13-7-5-4-6-8-13)17-16(20)18(23)22(19(17)24)14-9-11-15(25-2)12-10-14/h4-12H,3H2,1-2H3. The van der Waals surface area contributed by atoms with Crippen LogP contribution in [-0.4, -0.2) is 25.5 Å². The molecule has 5 nitrogen and oxygen atoms in total. The molecule has 128 valence electrons. The van der Waals surface area contributed by atoms with Crippen LogP contribution in [0.15, 0.2) is 65.3 Å². The van der Waals surface area contributed by atoms with E-state index in [9.17, 15) is 9.59 Å². The van der Waals surface area contributed by atoms with Crippen molar-refractivity contribution in [2.75, 3.05) is 23.5 Å². The number of methoxy groups -OCH3 is 1. The van der Waals surface area contributed by atoms with Crippen molar-refractivity contribution in [3.63, 3.8) is 0 Å². The van der Waals surface area contributed by atoms with Gasteiger partial charge < -0.3 is 9.64 Å². The van der Waals surface area contributed by atoms with Crippen molar-refractivity contribution in [2.45, 2.75) is 6.92 Å². The maximum Gasteiger partial charge on any atom is 0.283 e. The summed E-state index contributed by atoms with van der Waals surface area (Å²) >= 11 is 6.25. The molecule has 0 N–H and O–H groups in total. The first-order chi connectivity index (χ1) is 12.1. The van der Waals surface area contributed by atoms with Gasteiger partial charge in [0.1, 0.15) is 16.5 Å². The van der Waals surface area contributed by atoms with E-state index in [4.69, 9.17) is 16.3 Å². The van der Waals surface area contributed by atoms with Crippen LogP contribution < -0.4 is 14.5 Å². The largest absolute Gasteiger partial charge is 0.497 e. The summed E-state index contributed by atoms with van der Waals surface area (Å²) < 4.78 is 5.11. The third-order valence-corrected chi connectivity index (χ3v) is 4.33. The second-order valence-electron chi connectivity index (χ2n) is 5.39. The van der Waals surface area contributed by atoms with E-state index in [1.165, 1.54) is 0 Å². The average Bonchev–Trinajstić information content (AvgIpc) is 2.87. The van der Waals surface area contributed by atoms with Crippen LogP contribution in [0.2, 0.25) is 0 Å². The van der Waals surface area contributed by atoms with E-state index >= 15 is 0 Å². The molecular weight excluding hydrogens is 340 g/mol. The Morgan fingerprint density at radius 2 is 1.64 bits per heavy atom. The van der Waals surface area contributed by atoms with Gasteiger partial charge in [0.05, 0.1) is 12.8 Å². The molecule has 0 unspecified atom stereocenters. The summed E-state index contributed by atoms with van der Waals surface area (Å²) in [6, 6.07) is 16.1. The molecular formula is C19H17ClN2O3. The maximum atomic E-state index is 12.9. The van der Waals surface area contributed by atoms with Crippen LogP contribution in [0.3, 0.4) is 0 Å². The first kappa shape index (κ1) is 17.0. The van der Waals surface area contributed by atoms with Gasteiger partial charge >= 0.3 is 0 Å². The normalized spacial score (nSPS) is 14.3. The Labute approximate surface area is 151 Å². The molecule has 25 heavy (non-hydrogen) atoms. The number of rotatable bonds is 5. The number of likely N-dealkylation sites (N-methyl/N-ethyl adjacent to an activating group) is 1. The molecule has 0 bridgehead atoms. The summed E-state index contributed by atoms with van der Waals surface area (Å²) in [7, 11) is 1.55. The highest BCUT2D eigenvalue weighted by Gasteiger charge is 2.41. The molecule has 1 aliphatic rings. The number of halogens is 1. The van der Waals surface area contributed by atoms with Gasteiger partial charge in [-0.1, -0.05) is 29.8 Å². The van der Waals surface area contributed by atoms with Gasteiger partial charge in [0.25, 0.3) is 11.8 Å². The molecule has 0 fully saturated rings. The van der Waals surface area contributed by atoms with Gasteiger partial charge in [0.2, 0.25) is 0 Å². The molecule has 3 rings (SSSR count). The lowest BCUT2D eigenvalue weighted by Gasteiger charge is -2.24. The molecule has 0 saturated carbocycles. The number of carbonyl (C=O) groups excluding carboxylic acids is 2. The zero-order valence-corrected chi connectivity index (χ0v) is 14.7. The number of amides is 2. The number of hydrogen-bond donors (Lipinski definition) is 0. The number of nitrogens with zero attached hydrogens (tertiary/aromatic N) is 2. The number of hydrogen-bond acceptors (Lipinski definition) is 4. The predicted octanol–water partition coefficient (Wildman–Crippen LogP) is 3.55. The van der Waals surface area contributed by atoms with Crippen molar-refractivity contribution >= 4 is 34.8 Å². The van der Waals surface area contributed by atoms with Crippen LogP contribution in [-0.2, 0) is 9.59 Å². The minimum absolute atomic E-state index is 0.0773. The van der Waals surface area contributed by atoms with Crippen LogP contribution in [0.25, 0.3) is 0 Å². The van der Waals surface area contributed by atoms with Crippen molar-refractivity contribution in [3.8, 4) is 5.75 Å². The van der Waals surface area contributed by atoms with E-state index < -0.39 is 11.8 Å². The first-order valence-electron chi connectivity index (χ1n) is 7.83. The molecule has 0 saturated heterocycles. The highest BCUT2D eigenvalue weighted by Crippen LogP contribution is 2.33. The zero-order chi connectivity index (χ0) is 18.0. The number of carbonyl (C=O) groups is 2. The Hall–Kier alpha value is -2.79. The minimum Gasteiger partial charge on any atom is -0.497 e. The van der Waals surface area contributed by atoms with E-state index in [0.717, 1.165) is 10.6 Å². The number of benzene rings is 2. The van der Waals surface area contributed by atoms with Gasteiger partial charge in [-0.05, 0) is 43.3 Å². The molecule has 2 aromatic rings. The topological polar surface area (TPSA) is 49.9 Å². The van der Waals surface area contributed by atoms with Crippen molar-refractivity contribution in [2.24, 2.45) is 0 Å². The molecule has 6 heteroatoms. The first-order valence-corrected chi connectivity index (χ1v) is 8.21. The Bertz CT molecular complexity index is 832. The molecule has 0 aromatic heterocycles. The van der Waals surface area contributed by atoms with E-state index in [2.05, 4.69) is 0 Å². The number of imide groups is 1. The lowest BCUT2D eigenvalue weighted by atomic mass is 10.2. The van der Waals surface area contributed by atoms with Crippen LogP contribution in [0.5, 0.6) is 5.75 Å². The summed E-state index contributed by atoms with van der Waals surface area (Å²) in [5.74, 6) is -0.325. The fourth-order valence-electron chi connectivity index (χ4n) is 2.77. The van der Waals surface area contributed by atoms with Gasteiger partial charge in [-0.3, -0.25) is 9.59 Å². The summed E-state index contributed by atoms with van der Waals surface area (Å²) in [6.07, 6.45) is 0. The van der Waals surface area contributed by atoms with Gasteiger partial charge in [-0.25, -0.2) is 4.90 Å². The molecule has 2 amide bonds. The number of anilines is 2. The maximum absolute atomic E-state index is 12.9. The second-order valence-corrected chi connectivity index (χ2v) is 5.76. The molecule has 0 radical (unpaired) electrons.